The highest BCUT2D eigenvalue weighted by molar-refractivity contribution is 5.92. The summed E-state index contributed by atoms with van der Waals surface area (Å²) in [5, 5.41) is 16.5. The van der Waals surface area contributed by atoms with Gasteiger partial charge in [-0.1, -0.05) is 0 Å². The summed E-state index contributed by atoms with van der Waals surface area (Å²) >= 11 is 0. The van der Waals surface area contributed by atoms with Crippen molar-refractivity contribution in [2.75, 3.05) is 27.2 Å². The number of piperidine rings is 1. The molecule has 0 unspecified atom stereocenters. The minimum atomic E-state index is -0.0446. The maximum Gasteiger partial charge on any atom is 0.274 e. The molecule has 1 fully saturated rings. The Balaban J connectivity index is 1.66. The third-order valence-corrected chi connectivity index (χ3v) is 4.57. The highest BCUT2D eigenvalue weighted by Crippen LogP contribution is 2.28. The number of amides is 1. The van der Waals surface area contributed by atoms with Crippen LogP contribution in [0, 0.1) is 0 Å². The van der Waals surface area contributed by atoms with Crippen LogP contribution < -0.4 is 0 Å². The molecule has 0 bridgehead atoms. The van der Waals surface area contributed by atoms with Crippen LogP contribution in [0.5, 0.6) is 0 Å². The summed E-state index contributed by atoms with van der Waals surface area (Å²) in [6.45, 7) is 5.19. The summed E-state index contributed by atoms with van der Waals surface area (Å²) in [6.07, 6.45) is 3.37. The molecule has 1 aliphatic rings. The van der Waals surface area contributed by atoms with Crippen LogP contribution in [0.3, 0.4) is 0 Å². The molecule has 2 aromatic rings. The predicted octanol–water partition coefficient (Wildman–Crippen LogP) is 1.17. The summed E-state index contributed by atoms with van der Waals surface area (Å²) in [4.78, 5) is 16.4. The molecule has 3 heterocycles. The first-order chi connectivity index (χ1) is 12.1. The molecule has 8 nitrogen and oxygen atoms in total. The maximum absolute atomic E-state index is 12.5. The van der Waals surface area contributed by atoms with Crippen LogP contribution in [-0.4, -0.2) is 67.9 Å². The molecule has 2 aromatic heterocycles. The number of nitrogens with zero attached hydrogens (tertiary/aromatic N) is 7. The Kier molecular flexibility index (Phi) is 5.37. The van der Waals surface area contributed by atoms with Crippen molar-refractivity contribution >= 4 is 5.91 Å². The fourth-order valence-electron chi connectivity index (χ4n) is 3.31. The number of hydrogen-bond donors (Lipinski definition) is 0. The number of carbonyl (C=O) groups excluding carboxylic acids is 1. The van der Waals surface area contributed by atoms with E-state index < -0.39 is 0 Å². The van der Waals surface area contributed by atoms with Gasteiger partial charge in [0.05, 0.1) is 6.54 Å². The molecule has 0 aromatic carbocycles. The summed E-state index contributed by atoms with van der Waals surface area (Å²) < 4.78 is 2.21. The van der Waals surface area contributed by atoms with E-state index in [-0.39, 0.29) is 5.91 Å². The number of hydrogen-bond acceptors (Lipinski definition) is 6. The lowest BCUT2D eigenvalue weighted by Crippen LogP contribution is -2.38. The van der Waals surface area contributed by atoms with Gasteiger partial charge >= 0.3 is 0 Å². The Hall–Kier alpha value is -2.35. The Bertz CT molecular complexity index is 705. The van der Waals surface area contributed by atoms with Gasteiger partial charge in [-0.05, 0) is 46.0 Å². The van der Waals surface area contributed by atoms with Gasteiger partial charge in [-0.15, -0.1) is 15.3 Å². The summed E-state index contributed by atoms with van der Waals surface area (Å²) in [5.41, 5.74) is 0.408. The zero-order valence-corrected chi connectivity index (χ0v) is 15.1. The van der Waals surface area contributed by atoms with Gasteiger partial charge in [0.25, 0.3) is 5.91 Å². The minimum absolute atomic E-state index is 0.0446. The zero-order chi connectivity index (χ0) is 17.8. The normalized spacial score (nSPS) is 15.8. The Labute approximate surface area is 147 Å². The lowest BCUT2D eigenvalue weighted by Gasteiger charge is -2.31. The molecule has 0 aliphatic carbocycles. The van der Waals surface area contributed by atoms with E-state index in [9.17, 15) is 4.79 Å². The molecular formula is C17H25N7O. The van der Waals surface area contributed by atoms with Gasteiger partial charge in [0.1, 0.15) is 11.6 Å². The van der Waals surface area contributed by atoms with E-state index in [1.165, 1.54) is 0 Å². The first-order valence-electron chi connectivity index (χ1n) is 8.73. The molecule has 0 atom stereocenters. The standard InChI is InChI=1S/C17H25N7O/c1-4-24-15(12-22(2)3)20-21-16(24)13-7-10-23(11-8-13)17(25)14-6-5-9-18-19-14/h5-6,9,13H,4,7-8,10-12H2,1-3H3. The largest absolute Gasteiger partial charge is 0.337 e. The maximum atomic E-state index is 12.5. The van der Waals surface area contributed by atoms with Gasteiger partial charge in [-0.25, -0.2) is 0 Å². The summed E-state index contributed by atoms with van der Waals surface area (Å²) in [6, 6.07) is 3.45. The van der Waals surface area contributed by atoms with Gasteiger partial charge in [0.2, 0.25) is 0 Å². The van der Waals surface area contributed by atoms with Crippen molar-refractivity contribution < 1.29 is 4.79 Å². The van der Waals surface area contributed by atoms with Gasteiger partial charge in [0, 0.05) is 31.7 Å². The second-order valence-electron chi connectivity index (χ2n) is 6.63. The Morgan fingerprint density at radius 2 is 2.00 bits per heavy atom. The van der Waals surface area contributed by atoms with E-state index in [1.54, 1.807) is 18.3 Å². The molecule has 3 rings (SSSR count). The van der Waals surface area contributed by atoms with Crippen LogP contribution >= 0.6 is 0 Å². The van der Waals surface area contributed by atoms with Gasteiger partial charge in [-0.3, -0.25) is 4.79 Å². The number of carbonyl (C=O) groups is 1. The van der Waals surface area contributed by atoms with Crippen LogP contribution in [0.2, 0.25) is 0 Å². The van der Waals surface area contributed by atoms with Crippen LogP contribution in [-0.2, 0) is 13.1 Å². The molecule has 0 saturated carbocycles. The monoisotopic (exact) mass is 343 g/mol. The molecule has 1 aliphatic heterocycles. The van der Waals surface area contributed by atoms with E-state index in [1.807, 2.05) is 19.0 Å². The molecule has 0 N–H and O–H groups in total. The van der Waals surface area contributed by atoms with E-state index in [0.29, 0.717) is 24.7 Å². The molecule has 0 spiro atoms. The topological polar surface area (TPSA) is 80.0 Å². The average molecular weight is 343 g/mol. The van der Waals surface area contributed by atoms with Crippen LogP contribution in [0.1, 0.15) is 47.8 Å². The highest BCUT2D eigenvalue weighted by atomic mass is 16.2. The van der Waals surface area contributed by atoms with Crippen molar-refractivity contribution in [1.82, 2.24) is 34.8 Å². The second kappa shape index (κ2) is 7.69. The third kappa shape index (κ3) is 3.84. The van der Waals surface area contributed by atoms with E-state index in [2.05, 4.69) is 36.8 Å². The SMILES string of the molecule is CCn1c(CN(C)C)nnc1C1CCN(C(=O)c2cccnn2)CC1. The van der Waals surface area contributed by atoms with Crippen molar-refractivity contribution in [2.45, 2.75) is 38.8 Å². The average Bonchev–Trinajstić information content (AvgIpc) is 3.03. The van der Waals surface area contributed by atoms with Crippen molar-refractivity contribution in [1.29, 1.82) is 0 Å². The fourth-order valence-corrected chi connectivity index (χ4v) is 3.31. The molecule has 1 amide bonds. The van der Waals surface area contributed by atoms with E-state index in [0.717, 1.165) is 37.6 Å². The first-order valence-corrected chi connectivity index (χ1v) is 8.73. The second-order valence-corrected chi connectivity index (χ2v) is 6.63. The minimum Gasteiger partial charge on any atom is -0.337 e. The Morgan fingerprint density at radius 3 is 2.60 bits per heavy atom. The van der Waals surface area contributed by atoms with Gasteiger partial charge < -0.3 is 14.4 Å². The summed E-state index contributed by atoms with van der Waals surface area (Å²) in [5.74, 6) is 2.34. The van der Waals surface area contributed by atoms with E-state index >= 15 is 0 Å². The molecule has 25 heavy (non-hydrogen) atoms. The van der Waals surface area contributed by atoms with E-state index in [4.69, 9.17) is 0 Å². The molecule has 134 valence electrons. The van der Waals surface area contributed by atoms with Gasteiger partial charge in [-0.2, -0.15) is 5.10 Å². The van der Waals surface area contributed by atoms with Crippen molar-refractivity contribution in [3.63, 3.8) is 0 Å². The van der Waals surface area contributed by atoms with Crippen LogP contribution in [0.4, 0.5) is 0 Å². The Morgan fingerprint density at radius 1 is 1.24 bits per heavy atom. The summed E-state index contributed by atoms with van der Waals surface area (Å²) in [7, 11) is 4.07. The number of rotatable bonds is 5. The van der Waals surface area contributed by atoms with Crippen LogP contribution in [0.15, 0.2) is 18.3 Å². The smallest absolute Gasteiger partial charge is 0.274 e. The van der Waals surface area contributed by atoms with Crippen LogP contribution in [0.25, 0.3) is 0 Å². The molecule has 8 heteroatoms. The molecular weight excluding hydrogens is 318 g/mol. The number of aromatic nitrogens is 5. The van der Waals surface area contributed by atoms with Crippen molar-refractivity contribution in [2.24, 2.45) is 0 Å². The van der Waals surface area contributed by atoms with Crippen molar-refractivity contribution in [3.05, 3.63) is 35.7 Å². The fraction of sp³-hybridized carbons (Fsp3) is 0.588. The lowest BCUT2D eigenvalue weighted by atomic mass is 9.95. The molecule has 0 radical (unpaired) electrons. The highest BCUT2D eigenvalue weighted by Gasteiger charge is 2.28. The third-order valence-electron chi connectivity index (χ3n) is 4.57. The quantitative estimate of drug-likeness (QED) is 0.811. The lowest BCUT2D eigenvalue weighted by molar-refractivity contribution is 0.0703. The first kappa shape index (κ1) is 17.5. The zero-order valence-electron chi connectivity index (χ0n) is 15.1. The number of likely N-dealkylation sites (tertiary alicyclic amines) is 1. The predicted molar refractivity (Wildman–Crippen MR) is 93.0 cm³/mol. The molecule has 1 saturated heterocycles. The van der Waals surface area contributed by atoms with Crippen molar-refractivity contribution in [3.8, 4) is 0 Å². The van der Waals surface area contributed by atoms with Gasteiger partial charge in [0.15, 0.2) is 5.69 Å².